The number of fused-ring (bicyclic) bond motifs is 1. The third kappa shape index (κ3) is 7.31. The Hall–Kier alpha value is -3.03. The molecule has 1 heterocycles. The summed E-state index contributed by atoms with van der Waals surface area (Å²) in [4.78, 5) is 40.7. The molecule has 8 heteroatoms. The highest BCUT2D eigenvalue weighted by Gasteiger charge is 2.29. The molecule has 1 aromatic carbocycles. The SMILES string of the molecule is COC(=O)[C@H](CC(C)C)NC(=O)[C@H](Cc1c[nH]c2ccccc12)NC(=O)OCC(C)C. The van der Waals surface area contributed by atoms with Crippen LogP contribution < -0.4 is 10.6 Å². The Bertz CT molecular complexity index is 890. The van der Waals surface area contributed by atoms with Crippen LogP contribution in [-0.4, -0.2) is 48.8 Å². The highest BCUT2D eigenvalue weighted by atomic mass is 16.5. The molecule has 31 heavy (non-hydrogen) atoms. The molecular weight excluding hydrogens is 398 g/mol. The summed E-state index contributed by atoms with van der Waals surface area (Å²) in [5.74, 6) is -0.653. The minimum atomic E-state index is -0.918. The molecule has 3 N–H and O–H groups in total. The average Bonchev–Trinajstić information content (AvgIpc) is 3.13. The number of hydrogen-bond acceptors (Lipinski definition) is 5. The first-order chi connectivity index (χ1) is 14.7. The lowest BCUT2D eigenvalue weighted by molar-refractivity contribution is -0.145. The molecule has 2 atom stereocenters. The Morgan fingerprint density at radius 2 is 1.71 bits per heavy atom. The van der Waals surface area contributed by atoms with Crippen molar-refractivity contribution in [3.63, 3.8) is 0 Å². The first kappa shape index (κ1) is 24.2. The van der Waals surface area contributed by atoms with E-state index in [0.717, 1.165) is 16.5 Å². The fraction of sp³-hybridized carbons (Fsp3) is 0.522. The van der Waals surface area contributed by atoms with Gasteiger partial charge in [-0.15, -0.1) is 0 Å². The molecule has 0 fully saturated rings. The van der Waals surface area contributed by atoms with E-state index in [1.807, 2.05) is 58.2 Å². The molecular formula is C23H33N3O5. The maximum absolute atomic E-state index is 13.1. The predicted molar refractivity (Wildman–Crippen MR) is 119 cm³/mol. The number of aromatic amines is 1. The second kappa shape index (κ2) is 11.4. The van der Waals surface area contributed by atoms with Gasteiger partial charge in [0.05, 0.1) is 13.7 Å². The number of carbonyl (C=O) groups is 3. The maximum Gasteiger partial charge on any atom is 0.407 e. The minimum absolute atomic E-state index is 0.167. The predicted octanol–water partition coefficient (Wildman–Crippen LogP) is 3.17. The zero-order valence-corrected chi connectivity index (χ0v) is 18.9. The van der Waals surface area contributed by atoms with Gasteiger partial charge in [0.25, 0.3) is 0 Å². The third-order valence-corrected chi connectivity index (χ3v) is 4.76. The topological polar surface area (TPSA) is 110 Å². The van der Waals surface area contributed by atoms with Crippen molar-refractivity contribution in [1.29, 1.82) is 0 Å². The summed E-state index contributed by atoms with van der Waals surface area (Å²) in [5.41, 5.74) is 1.81. The molecule has 0 bridgehead atoms. The van der Waals surface area contributed by atoms with Gasteiger partial charge in [-0.05, 0) is 29.9 Å². The van der Waals surface area contributed by atoms with Crippen molar-refractivity contribution in [2.75, 3.05) is 13.7 Å². The number of carbonyl (C=O) groups excluding carboxylic acids is 3. The number of ether oxygens (including phenoxy) is 2. The van der Waals surface area contributed by atoms with Crippen LogP contribution in [0.5, 0.6) is 0 Å². The minimum Gasteiger partial charge on any atom is -0.467 e. The standard InChI is InChI=1S/C23H33N3O5/c1-14(2)10-20(22(28)30-5)25-21(27)19(26-23(29)31-13-15(3)4)11-16-12-24-18-9-7-6-8-17(16)18/h6-9,12,14-15,19-20,24H,10-11,13H2,1-5H3,(H,25,27)(H,26,29)/t19-,20-/m0/s1. The van der Waals surface area contributed by atoms with Gasteiger partial charge in [0, 0.05) is 23.5 Å². The van der Waals surface area contributed by atoms with Crippen LogP contribution >= 0.6 is 0 Å². The number of alkyl carbamates (subject to hydrolysis) is 1. The fourth-order valence-corrected chi connectivity index (χ4v) is 3.26. The van der Waals surface area contributed by atoms with Gasteiger partial charge in [-0.25, -0.2) is 9.59 Å². The number of amides is 2. The lowest BCUT2D eigenvalue weighted by Gasteiger charge is -2.23. The van der Waals surface area contributed by atoms with Crippen LogP contribution in [0.1, 0.15) is 39.7 Å². The number of nitrogens with one attached hydrogen (secondary N) is 3. The molecule has 2 rings (SSSR count). The van der Waals surface area contributed by atoms with Crippen LogP contribution in [0.4, 0.5) is 4.79 Å². The summed E-state index contributed by atoms with van der Waals surface area (Å²) in [6, 6.07) is 6.00. The van der Waals surface area contributed by atoms with Gasteiger partial charge in [0.1, 0.15) is 12.1 Å². The van der Waals surface area contributed by atoms with Crippen LogP contribution in [-0.2, 0) is 25.5 Å². The lowest BCUT2D eigenvalue weighted by atomic mass is 10.0. The van der Waals surface area contributed by atoms with Crippen LogP contribution in [0.15, 0.2) is 30.5 Å². The van der Waals surface area contributed by atoms with E-state index in [9.17, 15) is 14.4 Å². The summed E-state index contributed by atoms with van der Waals surface area (Å²) in [6.45, 7) is 8.00. The zero-order valence-electron chi connectivity index (χ0n) is 18.9. The normalized spacial score (nSPS) is 13.1. The van der Waals surface area contributed by atoms with E-state index in [2.05, 4.69) is 15.6 Å². The third-order valence-electron chi connectivity index (χ3n) is 4.76. The Balaban J connectivity index is 2.21. The molecule has 8 nitrogen and oxygen atoms in total. The van der Waals surface area contributed by atoms with Gasteiger partial charge >= 0.3 is 12.1 Å². The first-order valence-electron chi connectivity index (χ1n) is 10.6. The van der Waals surface area contributed by atoms with Crippen molar-refractivity contribution in [2.45, 2.75) is 52.6 Å². The number of rotatable bonds is 10. The Labute approximate surface area is 183 Å². The van der Waals surface area contributed by atoms with Gasteiger partial charge in [0.15, 0.2) is 0 Å². The number of H-pyrrole nitrogens is 1. The Morgan fingerprint density at radius 1 is 1.00 bits per heavy atom. The molecule has 0 saturated carbocycles. The van der Waals surface area contributed by atoms with Gasteiger partial charge in [-0.1, -0.05) is 45.9 Å². The summed E-state index contributed by atoms with van der Waals surface area (Å²) in [6.07, 6.45) is 1.81. The number of para-hydroxylation sites is 1. The van der Waals surface area contributed by atoms with Crippen LogP contribution in [0.3, 0.4) is 0 Å². The molecule has 2 amide bonds. The Kier molecular flexibility index (Phi) is 8.90. The molecule has 0 aliphatic carbocycles. The van der Waals surface area contributed by atoms with E-state index in [1.54, 1.807) is 0 Å². The average molecular weight is 432 g/mol. The lowest BCUT2D eigenvalue weighted by Crippen LogP contribution is -2.53. The quantitative estimate of drug-likeness (QED) is 0.501. The van der Waals surface area contributed by atoms with Gasteiger partial charge in [-0.2, -0.15) is 0 Å². The molecule has 0 spiro atoms. The second-order valence-electron chi connectivity index (χ2n) is 8.47. The number of hydrogen-bond donors (Lipinski definition) is 3. The van der Waals surface area contributed by atoms with E-state index >= 15 is 0 Å². The van der Waals surface area contributed by atoms with E-state index in [-0.39, 0.29) is 24.9 Å². The fourth-order valence-electron chi connectivity index (χ4n) is 3.26. The maximum atomic E-state index is 13.1. The smallest absolute Gasteiger partial charge is 0.407 e. The largest absolute Gasteiger partial charge is 0.467 e. The van der Waals surface area contributed by atoms with Crippen LogP contribution in [0, 0.1) is 11.8 Å². The van der Waals surface area contributed by atoms with Gasteiger partial charge < -0.3 is 25.1 Å². The van der Waals surface area contributed by atoms with Crippen molar-refractivity contribution in [3.05, 3.63) is 36.0 Å². The van der Waals surface area contributed by atoms with Crippen molar-refractivity contribution >= 4 is 28.9 Å². The summed E-state index contributed by atoms with van der Waals surface area (Å²) in [5, 5.41) is 6.35. The van der Waals surface area contributed by atoms with Gasteiger partial charge in [0.2, 0.25) is 5.91 Å². The van der Waals surface area contributed by atoms with E-state index in [4.69, 9.17) is 9.47 Å². The molecule has 0 aliphatic rings. The number of aromatic nitrogens is 1. The molecule has 0 unspecified atom stereocenters. The highest BCUT2D eigenvalue weighted by Crippen LogP contribution is 2.19. The second-order valence-corrected chi connectivity index (χ2v) is 8.47. The summed E-state index contributed by atoms with van der Waals surface area (Å²) < 4.78 is 10.0. The number of methoxy groups -OCH3 is 1. The Morgan fingerprint density at radius 3 is 2.35 bits per heavy atom. The molecule has 0 saturated heterocycles. The highest BCUT2D eigenvalue weighted by molar-refractivity contribution is 5.91. The molecule has 2 aromatic rings. The monoisotopic (exact) mass is 431 g/mol. The first-order valence-corrected chi connectivity index (χ1v) is 10.6. The van der Waals surface area contributed by atoms with Crippen molar-refractivity contribution in [1.82, 2.24) is 15.6 Å². The summed E-state index contributed by atoms with van der Waals surface area (Å²) in [7, 11) is 1.28. The van der Waals surface area contributed by atoms with E-state index in [1.165, 1.54) is 7.11 Å². The zero-order chi connectivity index (χ0) is 23.0. The number of esters is 1. The number of benzene rings is 1. The molecule has 0 radical (unpaired) electrons. The summed E-state index contributed by atoms with van der Waals surface area (Å²) >= 11 is 0. The van der Waals surface area contributed by atoms with Crippen LogP contribution in [0.25, 0.3) is 10.9 Å². The van der Waals surface area contributed by atoms with E-state index < -0.39 is 30.1 Å². The molecule has 0 aliphatic heterocycles. The van der Waals surface area contributed by atoms with Crippen LogP contribution in [0.2, 0.25) is 0 Å². The molecule has 1 aromatic heterocycles. The van der Waals surface area contributed by atoms with Gasteiger partial charge in [-0.3, -0.25) is 4.79 Å². The molecule has 170 valence electrons. The van der Waals surface area contributed by atoms with Crippen molar-refractivity contribution < 1.29 is 23.9 Å². The van der Waals surface area contributed by atoms with E-state index in [0.29, 0.717) is 6.42 Å². The van der Waals surface area contributed by atoms with Crippen molar-refractivity contribution in [3.8, 4) is 0 Å². The van der Waals surface area contributed by atoms with Crippen molar-refractivity contribution in [2.24, 2.45) is 11.8 Å².